The van der Waals surface area contributed by atoms with Gasteiger partial charge in [0.25, 0.3) is 0 Å². The number of ether oxygens (including phenoxy) is 2. The molecule has 1 aliphatic heterocycles. The molecule has 6 rings (SSSR count). The van der Waals surface area contributed by atoms with Gasteiger partial charge in [-0.15, -0.1) is 10.2 Å². The van der Waals surface area contributed by atoms with Crippen LogP contribution in [-0.2, 0) is 17.9 Å². The zero-order valence-electron chi connectivity index (χ0n) is 18.1. The summed E-state index contributed by atoms with van der Waals surface area (Å²) in [4.78, 5) is 9.23. The third-order valence-electron chi connectivity index (χ3n) is 5.83. The van der Waals surface area contributed by atoms with Crippen LogP contribution in [0.5, 0.6) is 5.75 Å². The molecule has 0 atom stereocenters. The number of hydrogen-bond acceptors (Lipinski definition) is 8. The summed E-state index contributed by atoms with van der Waals surface area (Å²) in [5.74, 6) is 3.49. The number of fused-ring (bicyclic) bond motifs is 5. The minimum atomic E-state index is 0.140. The van der Waals surface area contributed by atoms with Crippen LogP contribution in [0.25, 0.3) is 28.6 Å². The molecule has 3 aromatic heterocycles. The molecule has 0 bridgehead atoms. The lowest BCUT2D eigenvalue weighted by molar-refractivity contribution is 0.0983. The lowest BCUT2D eigenvalue weighted by Gasteiger charge is -2.10. The summed E-state index contributed by atoms with van der Waals surface area (Å²) >= 11 is 0. The monoisotopic (exact) mass is 433 g/mol. The molecule has 0 N–H and O–H groups in total. The van der Waals surface area contributed by atoms with E-state index >= 15 is 0 Å². The number of imidazole rings is 1. The summed E-state index contributed by atoms with van der Waals surface area (Å²) in [5.41, 5.74) is 3.46. The van der Waals surface area contributed by atoms with Gasteiger partial charge in [0.2, 0.25) is 11.7 Å². The Bertz CT molecular complexity index is 1300. The van der Waals surface area contributed by atoms with Crippen molar-refractivity contribution in [2.24, 2.45) is 0 Å². The molecule has 1 aromatic carbocycles. The van der Waals surface area contributed by atoms with Crippen LogP contribution in [0.2, 0.25) is 0 Å². The molecule has 0 spiro atoms. The van der Waals surface area contributed by atoms with E-state index in [-0.39, 0.29) is 5.92 Å². The van der Waals surface area contributed by atoms with Gasteiger partial charge in [-0.1, -0.05) is 19.0 Å². The maximum atomic E-state index is 5.94. The lowest BCUT2D eigenvalue weighted by atomic mass is 10.1. The highest BCUT2D eigenvalue weighted by Crippen LogP contribution is 2.37. The number of rotatable bonds is 6. The Hall–Kier alpha value is -3.53. The molecule has 0 saturated heterocycles. The minimum Gasteiger partial charge on any atom is -0.497 e. The first-order valence-corrected chi connectivity index (χ1v) is 10.7. The maximum Gasteiger partial charge on any atom is 0.229 e. The number of aromatic nitrogens is 7. The molecule has 10 nitrogen and oxygen atoms in total. The van der Waals surface area contributed by atoms with Crippen LogP contribution < -0.4 is 4.74 Å². The molecule has 164 valence electrons. The second-order valence-electron chi connectivity index (χ2n) is 8.44. The number of methoxy groups -OCH3 is 1. The van der Waals surface area contributed by atoms with Gasteiger partial charge < -0.3 is 18.6 Å². The van der Waals surface area contributed by atoms with Crippen LogP contribution in [0.1, 0.15) is 50.0 Å². The van der Waals surface area contributed by atoms with E-state index in [2.05, 4.69) is 34.5 Å². The van der Waals surface area contributed by atoms with Gasteiger partial charge in [0.15, 0.2) is 11.6 Å². The van der Waals surface area contributed by atoms with Crippen molar-refractivity contribution in [3.8, 4) is 34.3 Å². The maximum absolute atomic E-state index is 5.94. The quantitative estimate of drug-likeness (QED) is 0.401. The Balaban J connectivity index is 1.51. The second-order valence-corrected chi connectivity index (χ2v) is 8.44. The third-order valence-corrected chi connectivity index (χ3v) is 5.83. The molecule has 2 aliphatic rings. The van der Waals surface area contributed by atoms with E-state index in [9.17, 15) is 0 Å². The molecule has 4 heterocycles. The van der Waals surface area contributed by atoms with Crippen molar-refractivity contribution in [2.75, 3.05) is 7.11 Å². The molecule has 1 saturated carbocycles. The zero-order valence-corrected chi connectivity index (χ0v) is 18.1. The van der Waals surface area contributed by atoms with Crippen molar-refractivity contribution >= 4 is 0 Å². The van der Waals surface area contributed by atoms with Crippen LogP contribution >= 0.6 is 0 Å². The largest absolute Gasteiger partial charge is 0.497 e. The first-order valence-electron chi connectivity index (χ1n) is 10.7. The first kappa shape index (κ1) is 19.2. The minimum absolute atomic E-state index is 0.140. The van der Waals surface area contributed by atoms with Crippen LogP contribution in [0.4, 0.5) is 0 Å². The lowest BCUT2D eigenvalue weighted by Crippen LogP contribution is -2.10. The Morgan fingerprint density at radius 1 is 1.22 bits per heavy atom. The summed E-state index contributed by atoms with van der Waals surface area (Å²) in [5, 5.41) is 13.2. The van der Waals surface area contributed by atoms with E-state index in [0.29, 0.717) is 36.7 Å². The van der Waals surface area contributed by atoms with Gasteiger partial charge >= 0.3 is 0 Å². The molecular formula is C22H23N7O3. The summed E-state index contributed by atoms with van der Waals surface area (Å²) < 4.78 is 21.0. The Labute approximate surface area is 184 Å². The van der Waals surface area contributed by atoms with E-state index in [1.54, 1.807) is 13.4 Å². The predicted octanol–water partition coefficient (Wildman–Crippen LogP) is 3.35. The summed E-state index contributed by atoms with van der Waals surface area (Å²) in [6.45, 7) is 4.96. The number of nitrogens with zero attached hydrogens (tertiary/aromatic N) is 7. The second kappa shape index (κ2) is 7.27. The third kappa shape index (κ3) is 3.10. The van der Waals surface area contributed by atoms with Crippen LogP contribution in [-0.4, -0.2) is 47.7 Å². The molecule has 0 radical (unpaired) electrons. The molecule has 10 heteroatoms. The van der Waals surface area contributed by atoms with Crippen LogP contribution in [0, 0.1) is 0 Å². The Morgan fingerprint density at radius 2 is 2.09 bits per heavy atom. The molecular weight excluding hydrogens is 410 g/mol. The number of hydrogen-bond donors (Lipinski definition) is 0. The van der Waals surface area contributed by atoms with Gasteiger partial charge in [-0.3, -0.25) is 4.57 Å². The van der Waals surface area contributed by atoms with E-state index in [4.69, 9.17) is 14.0 Å². The Kier molecular flexibility index (Phi) is 4.35. The highest BCUT2D eigenvalue weighted by molar-refractivity contribution is 5.72. The fraction of sp³-hybridized carbons (Fsp3) is 0.409. The SMILES string of the molecule is COc1ccc2c(c1)-c1nnc(COC3CC3)n1Cc1c(-c3noc(C(C)C)n3)ncn1-2. The van der Waals surface area contributed by atoms with Crippen molar-refractivity contribution in [2.45, 2.75) is 51.9 Å². The fourth-order valence-electron chi connectivity index (χ4n) is 3.90. The normalized spacial score (nSPS) is 14.8. The average molecular weight is 433 g/mol. The molecule has 32 heavy (non-hydrogen) atoms. The topological polar surface area (TPSA) is 106 Å². The van der Waals surface area contributed by atoms with Gasteiger partial charge in [0.1, 0.15) is 24.4 Å². The molecule has 1 aliphatic carbocycles. The average Bonchev–Trinajstić information content (AvgIpc) is 3.20. The van der Waals surface area contributed by atoms with Crippen LogP contribution in [0.15, 0.2) is 29.0 Å². The molecule has 0 unspecified atom stereocenters. The zero-order chi connectivity index (χ0) is 21.8. The molecule has 0 amide bonds. The highest BCUT2D eigenvalue weighted by Gasteiger charge is 2.29. The number of benzene rings is 1. The van der Waals surface area contributed by atoms with Crippen molar-refractivity contribution in [1.29, 1.82) is 0 Å². The molecule has 1 fully saturated rings. The fourth-order valence-corrected chi connectivity index (χ4v) is 3.90. The van der Waals surface area contributed by atoms with Crippen molar-refractivity contribution < 1.29 is 14.0 Å². The van der Waals surface area contributed by atoms with E-state index in [1.165, 1.54) is 0 Å². The first-order chi connectivity index (χ1) is 15.6. The predicted molar refractivity (Wildman–Crippen MR) is 113 cm³/mol. The smallest absolute Gasteiger partial charge is 0.229 e. The Morgan fingerprint density at radius 3 is 2.84 bits per heavy atom. The van der Waals surface area contributed by atoms with Crippen molar-refractivity contribution in [3.05, 3.63) is 41.9 Å². The van der Waals surface area contributed by atoms with Gasteiger partial charge in [-0.25, -0.2) is 4.98 Å². The molecule has 4 aromatic rings. The van der Waals surface area contributed by atoms with E-state index in [0.717, 1.165) is 47.2 Å². The van der Waals surface area contributed by atoms with E-state index < -0.39 is 0 Å². The standard InChI is InChI=1S/C22H23N7O3/c1-12(2)22-24-20(27-32-22)19-17-9-28-18(10-31-13-4-5-13)25-26-21(28)15-8-14(30-3)6-7-16(15)29(17)11-23-19/h6-8,11-13H,4-5,9-10H2,1-3H3. The van der Waals surface area contributed by atoms with E-state index in [1.807, 2.05) is 32.0 Å². The van der Waals surface area contributed by atoms with Gasteiger partial charge in [-0.2, -0.15) is 4.98 Å². The van der Waals surface area contributed by atoms with Crippen molar-refractivity contribution in [1.82, 2.24) is 34.5 Å². The van der Waals surface area contributed by atoms with Gasteiger partial charge in [0.05, 0.1) is 31.1 Å². The summed E-state index contributed by atoms with van der Waals surface area (Å²) in [7, 11) is 1.65. The summed E-state index contributed by atoms with van der Waals surface area (Å²) in [6.07, 6.45) is 4.33. The van der Waals surface area contributed by atoms with Gasteiger partial charge in [0, 0.05) is 11.5 Å². The summed E-state index contributed by atoms with van der Waals surface area (Å²) in [6, 6.07) is 5.90. The van der Waals surface area contributed by atoms with Crippen LogP contribution in [0.3, 0.4) is 0 Å². The van der Waals surface area contributed by atoms with Gasteiger partial charge in [-0.05, 0) is 31.0 Å². The van der Waals surface area contributed by atoms with Crippen molar-refractivity contribution in [3.63, 3.8) is 0 Å². The highest BCUT2D eigenvalue weighted by atomic mass is 16.5.